The van der Waals surface area contributed by atoms with E-state index in [4.69, 9.17) is 9.47 Å². The summed E-state index contributed by atoms with van der Waals surface area (Å²) >= 11 is 0.750. The zero-order valence-corrected chi connectivity index (χ0v) is 21.6. The van der Waals surface area contributed by atoms with E-state index >= 15 is 0 Å². The molecule has 0 spiro atoms. The lowest BCUT2D eigenvalue weighted by atomic mass is 10.00. The van der Waals surface area contributed by atoms with Crippen molar-refractivity contribution in [1.82, 2.24) is 14.8 Å². The fourth-order valence-electron chi connectivity index (χ4n) is 4.29. The molecule has 2 aliphatic heterocycles. The Morgan fingerprint density at radius 2 is 1.92 bits per heavy atom. The van der Waals surface area contributed by atoms with Crippen LogP contribution in [0.3, 0.4) is 0 Å². The molecule has 39 heavy (non-hydrogen) atoms. The number of hydrogen-bond donors (Lipinski definition) is 0. The summed E-state index contributed by atoms with van der Waals surface area (Å²) in [6.45, 7) is 0.637. The Morgan fingerprint density at radius 3 is 2.69 bits per heavy atom. The molecule has 0 radical (unpaired) electrons. The third-order valence-electron chi connectivity index (χ3n) is 6.29. The number of fused-ring (bicyclic) bond motifs is 1. The molecule has 198 valence electrons. The molecule has 12 heteroatoms. The second-order valence-corrected chi connectivity index (χ2v) is 9.69. The number of hydrogen-bond acceptors (Lipinski definition) is 9. The highest BCUT2D eigenvalue weighted by Gasteiger charge is 2.37. The van der Waals surface area contributed by atoms with Crippen LogP contribution >= 0.6 is 11.8 Å². The van der Waals surface area contributed by atoms with E-state index in [0.29, 0.717) is 18.7 Å². The first-order chi connectivity index (χ1) is 18.8. The Labute approximate surface area is 227 Å². The molecule has 1 saturated heterocycles. The van der Waals surface area contributed by atoms with Crippen LogP contribution in [0.15, 0.2) is 65.7 Å². The summed E-state index contributed by atoms with van der Waals surface area (Å²) in [4.78, 5) is 55.9. The normalized spacial score (nSPS) is 15.9. The zero-order chi connectivity index (χ0) is 27.5. The van der Waals surface area contributed by atoms with Gasteiger partial charge in [-0.05, 0) is 59.1 Å². The molecule has 3 amide bonds. The number of amides is 3. The van der Waals surface area contributed by atoms with Gasteiger partial charge in [-0.2, -0.15) is 0 Å². The number of carbonyl (C=O) groups is 3. The standard InChI is InChI=1S/C27H22N4O7S/c1-37-22-13-17(8-9-21(22)38-25-20(31(35)36)7-4-11-28-25)14-23-26(33)30(27(34)39-23)16-24(32)29-12-10-18-5-2-3-6-19(18)15-29/h2-9,11,13-14H,10,12,15-16H2,1H3/b23-14-. The van der Waals surface area contributed by atoms with Crippen LogP contribution in [0, 0.1) is 10.1 Å². The first-order valence-corrected chi connectivity index (χ1v) is 12.7. The van der Waals surface area contributed by atoms with Gasteiger partial charge in [0.25, 0.3) is 17.0 Å². The number of nitrogens with zero attached hydrogens (tertiary/aromatic N) is 4. The van der Waals surface area contributed by atoms with Gasteiger partial charge in [-0.25, -0.2) is 4.98 Å². The number of pyridine rings is 1. The quantitative estimate of drug-likeness (QED) is 0.240. The minimum absolute atomic E-state index is 0.160. The lowest BCUT2D eigenvalue weighted by molar-refractivity contribution is -0.386. The number of ether oxygens (including phenoxy) is 2. The van der Waals surface area contributed by atoms with Gasteiger partial charge < -0.3 is 14.4 Å². The number of methoxy groups -OCH3 is 1. The van der Waals surface area contributed by atoms with E-state index in [-0.39, 0.29) is 40.4 Å². The molecule has 0 N–H and O–H groups in total. The van der Waals surface area contributed by atoms with Gasteiger partial charge in [-0.3, -0.25) is 29.4 Å². The van der Waals surface area contributed by atoms with Crippen LogP contribution in [0.4, 0.5) is 10.5 Å². The summed E-state index contributed by atoms with van der Waals surface area (Å²) in [5.41, 5.74) is 2.48. The van der Waals surface area contributed by atoms with Gasteiger partial charge in [0.05, 0.1) is 16.9 Å². The Hall–Kier alpha value is -4.71. The fraction of sp³-hybridized carbons (Fsp3) is 0.185. The predicted octanol–water partition coefficient (Wildman–Crippen LogP) is 4.41. The number of thioether (sulfide) groups is 1. The number of imide groups is 1. The van der Waals surface area contributed by atoms with Crippen LogP contribution in [0.1, 0.15) is 16.7 Å². The second-order valence-electron chi connectivity index (χ2n) is 8.70. The molecule has 2 aliphatic rings. The molecule has 0 unspecified atom stereocenters. The van der Waals surface area contributed by atoms with Gasteiger partial charge in [0.15, 0.2) is 11.5 Å². The summed E-state index contributed by atoms with van der Waals surface area (Å²) in [5.74, 6) is -0.628. The van der Waals surface area contributed by atoms with Gasteiger partial charge in [0, 0.05) is 25.4 Å². The molecular formula is C27H22N4O7S. The number of benzene rings is 2. The van der Waals surface area contributed by atoms with Crippen molar-refractivity contribution in [1.29, 1.82) is 0 Å². The van der Waals surface area contributed by atoms with E-state index in [1.807, 2.05) is 24.3 Å². The molecule has 0 atom stereocenters. The van der Waals surface area contributed by atoms with Gasteiger partial charge in [0.2, 0.25) is 5.91 Å². The molecule has 3 heterocycles. The van der Waals surface area contributed by atoms with Crippen molar-refractivity contribution in [3.63, 3.8) is 0 Å². The molecule has 2 aromatic carbocycles. The maximum absolute atomic E-state index is 13.0. The fourth-order valence-corrected chi connectivity index (χ4v) is 5.13. The lowest BCUT2D eigenvalue weighted by Crippen LogP contribution is -2.44. The molecule has 0 bridgehead atoms. The summed E-state index contributed by atoms with van der Waals surface area (Å²) in [6, 6.07) is 15.3. The van der Waals surface area contributed by atoms with Gasteiger partial charge in [-0.15, -0.1) is 0 Å². The van der Waals surface area contributed by atoms with Gasteiger partial charge in [-0.1, -0.05) is 30.3 Å². The van der Waals surface area contributed by atoms with E-state index in [9.17, 15) is 24.5 Å². The van der Waals surface area contributed by atoms with E-state index in [1.54, 1.807) is 17.0 Å². The van der Waals surface area contributed by atoms with Crippen LogP contribution in [0.2, 0.25) is 0 Å². The average Bonchev–Trinajstić information content (AvgIpc) is 3.20. The van der Waals surface area contributed by atoms with Gasteiger partial charge in [0.1, 0.15) is 6.54 Å². The van der Waals surface area contributed by atoms with E-state index in [0.717, 1.165) is 28.6 Å². The highest BCUT2D eigenvalue weighted by Crippen LogP contribution is 2.37. The monoisotopic (exact) mass is 546 g/mol. The summed E-state index contributed by atoms with van der Waals surface area (Å²) in [6.07, 6.45) is 3.61. The Bertz CT molecular complexity index is 1520. The van der Waals surface area contributed by atoms with Crippen LogP contribution < -0.4 is 9.47 Å². The summed E-state index contributed by atoms with van der Waals surface area (Å²) in [7, 11) is 1.40. The van der Waals surface area contributed by atoms with Crippen molar-refractivity contribution < 1.29 is 28.8 Å². The Morgan fingerprint density at radius 1 is 1.13 bits per heavy atom. The SMILES string of the molecule is COc1cc(/C=C2\SC(=O)N(CC(=O)N3CCc4ccccc4C3)C2=O)ccc1Oc1ncccc1[N+](=O)[O-]. The number of nitro groups is 1. The minimum atomic E-state index is -0.603. The predicted molar refractivity (Wildman–Crippen MR) is 142 cm³/mol. The van der Waals surface area contributed by atoms with Crippen molar-refractivity contribution in [2.75, 3.05) is 20.2 Å². The largest absolute Gasteiger partial charge is 0.493 e. The molecule has 0 saturated carbocycles. The third kappa shape index (κ3) is 5.46. The lowest BCUT2D eigenvalue weighted by Gasteiger charge is -2.29. The number of rotatable bonds is 7. The van der Waals surface area contributed by atoms with Crippen molar-refractivity contribution in [3.05, 3.63) is 92.5 Å². The maximum atomic E-state index is 13.0. The van der Waals surface area contributed by atoms with Gasteiger partial charge >= 0.3 is 5.69 Å². The maximum Gasteiger partial charge on any atom is 0.331 e. The zero-order valence-electron chi connectivity index (χ0n) is 20.7. The van der Waals surface area contributed by atoms with Crippen LogP contribution in [-0.4, -0.2) is 57.0 Å². The molecule has 1 aromatic heterocycles. The second kappa shape index (κ2) is 11.0. The average molecular weight is 547 g/mol. The molecule has 11 nitrogen and oxygen atoms in total. The molecule has 0 aliphatic carbocycles. The highest BCUT2D eigenvalue weighted by atomic mass is 32.2. The topological polar surface area (TPSA) is 132 Å². The first kappa shape index (κ1) is 25.9. The Kier molecular flexibility index (Phi) is 7.28. The van der Waals surface area contributed by atoms with Crippen molar-refractivity contribution >= 4 is 40.6 Å². The summed E-state index contributed by atoms with van der Waals surface area (Å²) in [5, 5.41) is 10.7. The van der Waals surface area contributed by atoms with Crippen molar-refractivity contribution in [2.24, 2.45) is 0 Å². The van der Waals surface area contributed by atoms with Crippen LogP contribution in [0.5, 0.6) is 17.4 Å². The summed E-state index contributed by atoms with van der Waals surface area (Å²) < 4.78 is 11.0. The van der Waals surface area contributed by atoms with E-state index in [1.165, 1.54) is 43.1 Å². The number of carbonyl (C=O) groups excluding carboxylic acids is 3. The van der Waals surface area contributed by atoms with Crippen molar-refractivity contribution in [2.45, 2.75) is 13.0 Å². The smallest absolute Gasteiger partial charge is 0.331 e. The molecular weight excluding hydrogens is 524 g/mol. The first-order valence-electron chi connectivity index (χ1n) is 11.9. The van der Waals surface area contributed by atoms with E-state index < -0.39 is 16.1 Å². The minimum Gasteiger partial charge on any atom is -0.493 e. The van der Waals surface area contributed by atoms with Crippen molar-refractivity contribution in [3.8, 4) is 17.4 Å². The molecule has 3 aromatic rings. The Balaban J connectivity index is 1.29. The van der Waals surface area contributed by atoms with Crippen LogP contribution in [0.25, 0.3) is 6.08 Å². The highest BCUT2D eigenvalue weighted by molar-refractivity contribution is 8.18. The third-order valence-corrected chi connectivity index (χ3v) is 7.20. The van der Waals surface area contributed by atoms with E-state index in [2.05, 4.69) is 4.98 Å². The van der Waals surface area contributed by atoms with Crippen LogP contribution in [-0.2, 0) is 22.6 Å². The molecule has 5 rings (SSSR count). The molecule has 1 fully saturated rings. The number of aromatic nitrogens is 1.